The molecule has 0 bridgehead atoms. The molecule has 2 aliphatic heterocycles. The fourth-order valence-electron chi connectivity index (χ4n) is 3.34. The summed E-state index contributed by atoms with van der Waals surface area (Å²) in [5, 5.41) is 3.16. The number of nitrogens with one attached hydrogen (secondary N) is 1. The van der Waals surface area contributed by atoms with E-state index in [-0.39, 0.29) is 11.9 Å². The highest BCUT2D eigenvalue weighted by molar-refractivity contribution is 5.83. The topological polar surface area (TPSA) is 35.6 Å². The van der Waals surface area contributed by atoms with Gasteiger partial charge in [-0.3, -0.25) is 4.79 Å². The molecule has 114 valence electrons. The lowest BCUT2D eigenvalue weighted by Crippen LogP contribution is -2.46. The second kappa shape index (κ2) is 7.23. The third-order valence-electron chi connectivity index (χ3n) is 4.85. The molecule has 2 saturated heterocycles. The first kappa shape index (κ1) is 15.5. The van der Waals surface area contributed by atoms with E-state index in [1.807, 2.05) is 11.9 Å². The van der Waals surface area contributed by atoms with E-state index in [2.05, 4.69) is 23.7 Å². The second-order valence-electron chi connectivity index (χ2n) is 6.13. The molecular weight excluding hydrogens is 250 g/mol. The Morgan fingerprint density at radius 1 is 1.30 bits per heavy atom. The molecular formula is C16H29N3O. The van der Waals surface area contributed by atoms with Gasteiger partial charge >= 0.3 is 0 Å². The van der Waals surface area contributed by atoms with Crippen molar-refractivity contribution in [3.05, 3.63) is 12.3 Å². The SMILES string of the molecule is C=C1CCCC(NC)C(=O)N1CC1CCN(CC)CC1. The third kappa shape index (κ3) is 3.61. The Morgan fingerprint density at radius 2 is 2.00 bits per heavy atom. The van der Waals surface area contributed by atoms with Crippen LogP contribution in [0.25, 0.3) is 0 Å². The summed E-state index contributed by atoms with van der Waals surface area (Å²) in [7, 11) is 1.88. The Bertz CT molecular complexity index is 348. The summed E-state index contributed by atoms with van der Waals surface area (Å²) in [5.41, 5.74) is 1.02. The van der Waals surface area contributed by atoms with Gasteiger partial charge in [-0.05, 0) is 64.7 Å². The molecule has 0 aromatic carbocycles. The standard InChI is InChI=1S/C16H29N3O/c1-4-18-10-8-14(9-11-18)12-19-13(2)6-5-7-15(17-3)16(19)20/h14-15,17H,2,4-12H2,1,3H3. The van der Waals surface area contributed by atoms with Gasteiger partial charge in [0.25, 0.3) is 0 Å². The first-order chi connectivity index (χ1) is 9.65. The van der Waals surface area contributed by atoms with E-state index in [4.69, 9.17) is 0 Å². The Hall–Kier alpha value is -0.870. The van der Waals surface area contributed by atoms with Crippen LogP contribution in [0.15, 0.2) is 12.3 Å². The van der Waals surface area contributed by atoms with Crippen molar-refractivity contribution < 1.29 is 4.79 Å². The Balaban J connectivity index is 1.95. The molecule has 20 heavy (non-hydrogen) atoms. The van der Waals surface area contributed by atoms with Crippen molar-refractivity contribution in [2.75, 3.05) is 33.2 Å². The van der Waals surface area contributed by atoms with Crippen molar-refractivity contribution >= 4 is 5.91 Å². The minimum atomic E-state index is -0.0232. The summed E-state index contributed by atoms with van der Waals surface area (Å²) >= 11 is 0. The molecule has 1 unspecified atom stereocenters. The van der Waals surface area contributed by atoms with Gasteiger partial charge in [-0.25, -0.2) is 0 Å². The van der Waals surface area contributed by atoms with Crippen molar-refractivity contribution in [2.45, 2.75) is 45.1 Å². The van der Waals surface area contributed by atoms with Crippen molar-refractivity contribution in [2.24, 2.45) is 5.92 Å². The zero-order chi connectivity index (χ0) is 14.5. The maximum absolute atomic E-state index is 12.6. The summed E-state index contributed by atoms with van der Waals surface area (Å²) in [5.74, 6) is 0.863. The van der Waals surface area contributed by atoms with Crippen LogP contribution < -0.4 is 5.32 Å². The Labute approximate surface area is 123 Å². The number of likely N-dealkylation sites (tertiary alicyclic amines) is 2. The molecule has 2 fully saturated rings. The van der Waals surface area contributed by atoms with Gasteiger partial charge in [-0.2, -0.15) is 0 Å². The van der Waals surface area contributed by atoms with Crippen molar-refractivity contribution in [3.8, 4) is 0 Å². The quantitative estimate of drug-likeness (QED) is 0.853. The number of carbonyl (C=O) groups is 1. The molecule has 2 aliphatic rings. The van der Waals surface area contributed by atoms with Crippen molar-refractivity contribution in [1.29, 1.82) is 0 Å². The van der Waals surface area contributed by atoms with Gasteiger partial charge in [0, 0.05) is 12.2 Å². The predicted molar refractivity (Wildman–Crippen MR) is 82.4 cm³/mol. The van der Waals surface area contributed by atoms with Gasteiger partial charge in [-0.15, -0.1) is 0 Å². The number of hydrogen-bond donors (Lipinski definition) is 1. The van der Waals surface area contributed by atoms with Gasteiger partial charge in [0.05, 0.1) is 6.04 Å². The van der Waals surface area contributed by atoms with Crippen LogP contribution in [0.4, 0.5) is 0 Å². The van der Waals surface area contributed by atoms with Crippen LogP contribution in [0.1, 0.15) is 39.0 Å². The van der Waals surface area contributed by atoms with E-state index in [0.717, 1.165) is 38.0 Å². The predicted octanol–water partition coefficient (Wildman–Crippen LogP) is 1.83. The zero-order valence-electron chi connectivity index (χ0n) is 13.0. The van der Waals surface area contributed by atoms with E-state index in [9.17, 15) is 4.79 Å². The van der Waals surface area contributed by atoms with Crippen molar-refractivity contribution in [1.82, 2.24) is 15.1 Å². The highest BCUT2D eigenvalue weighted by atomic mass is 16.2. The van der Waals surface area contributed by atoms with E-state index in [1.54, 1.807) is 0 Å². The minimum Gasteiger partial charge on any atom is -0.315 e. The van der Waals surface area contributed by atoms with Gasteiger partial charge < -0.3 is 15.1 Å². The zero-order valence-corrected chi connectivity index (χ0v) is 13.0. The van der Waals surface area contributed by atoms with E-state index in [1.165, 1.54) is 25.9 Å². The average molecular weight is 279 g/mol. The summed E-state index contributed by atoms with van der Waals surface area (Å²) in [6.07, 6.45) is 5.35. The lowest BCUT2D eigenvalue weighted by molar-refractivity contribution is -0.131. The minimum absolute atomic E-state index is 0.0232. The molecule has 2 rings (SSSR count). The molecule has 4 nitrogen and oxygen atoms in total. The molecule has 0 aromatic heterocycles. The fraction of sp³-hybridized carbons (Fsp3) is 0.812. The number of nitrogens with zero attached hydrogens (tertiary/aromatic N) is 2. The summed E-state index contributed by atoms with van der Waals surface area (Å²) < 4.78 is 0. The monoisotopic (exact) mass is 279 g/mol. The van der Waals surface area contributed by atoms with E-state index >= 15 is 0 Å². The number of piperidine rings is 1. The summed E-state index contributed by atoms with van der Waals surface area (Å²) in [6.45, 7) is 10.7. The first-order valence-electron chi connectivity index (χ1n) is 8.04. The lowest BCUT2D eigenvalue weighted by Gasteiger charge is -2.35. The molecule has 4 heteroatoms. The Kier molecular flexibility index (Phi) is 5.61. The molecule has 0 aliphatic carbocycles. The number of hydrogen-bond acceptors (Lipinski definition) is 3. The third-order valence-corrected chi connectivity index (χ3v) is 4.85. The van der Waals surface area contributed by atoms with Crippen LogP contribution in [0.2, 0.25) is 0 Å². The number of likely N-dealkylation sites (N-methyl/N-ethyl adjacent to an activating group) is 1. The normalized spacial score (nSPS) is 26.9. The molecule has 1 N–H and O–H groups in total. The summed E-state index contributed by atoms with van der Waals surface area (Å²) in [6, 6.07) is -0.0232. The maximum Gasteiger partial charge on any atom is 0.243 e. The van der Waals surface area contributed by atoms with Gasteiger partial charge in [-0.1, -0.05) is 13.5 Å². The van der Waals surface area contributed by atoms with E-state index < -0.39 is 0 Å². The van der Waals surface area contributed by atoms with Crippen LogP contribution in [0.3, 0.4) is 0 Å². The van der Waals surface area contributed by atoms with Gasteiger partial charge in [0.2, 0.25) is 5.91 Å². The highest BCUT2D eigenvalue weighted by Crippen LogP contribution is 2.25. The molecule has 0 saturated carbocycles. The van der Waals surface area contributed by atoms with Gasteiger partial charge in [0.1, 0.15) is 0 Å². The second-order valence-corrected chi connectivity index (χ2v) is 6.13. The number of amides is 1. The molecule has 0 aromatic rings. The lowest BCUT2D eigenvalue weighted by atomic mass is 9.95. The first-order valence-corrected chi connectivity index (χ1v) is 8.04. The molecule has 1 amide bonds. The van der Waals surface area contributed by atoms with Crippen LogP contribution in [0.5, 0.6) is 0 Å². The highest BCUT2D eigenvalue weighted by Gasteiger charge is 2.30. The largest absolute Gasteiger partial charge is 0.315 e. The maximum atomic E-state index is 12.6. The summed E-state index contributed by atoms with van der Waals surface area (Å²) in [4.78, 5) is 17.0. The Morgan fingerprint density at radius 3 is 2.60 bits per heavy atom. The molecule has 1 atom stereocenters. The molecule has 2 heterocycles. The van der Waals surface area contributed by atoms with Gasteiger partial charge in [0.15, 0.2) is 0 Å². The van der Waals surface area contributed by atoms with Crippen LogP contribution in [-0.2, 0) is 4.79 Å². The smallest absolute Gasteiger partial charge is 0.243 e. The average Bonchev–Trinajstić information content (AvgIpc) is 2.61. The van der Waals surface area contributed by atoms with Crippen molar-refractivity contribution in [3.63, 3.8) is 0 Å². The van der Waals surface area contributed by atoms with Crippen LogP contribution in [-0.4, -0.2) is 55.0 Å². The number of allylic oxidation sites excluding steroid dienone is 1. The fourth-order valence-corrected chi connectivity index (χ4v) is 3.34. The number of carbonyl (C=O) groups excluding carboxylic acids is 1. The van der Waals surface area contributed by atoms with Crippen LogP contribution in [0, 0.1) is 5.92 Å². The van der Waals surface area contributed by atoms with Crippen LogP contribution >= 0.6 is 0 Å². The molecule has 0 spiro atoms. The number of rotatable bonds is 4. The van der Waals surface area contributed by atoms with E-state index in [0.29, 0.717) is 5.92 Å². The molecule has 0 radical (unpaired) electrons.